The van der Waals surface area contributed by atoms with Gasteiger partial charge in [-0.25, -0.2) is 4.39 Å². The van der Waals surface area contributed by atoms with E-state index in [0.29, 0.717) is 31.0 Å². The molecule has 0 aromatic carbocycles. The molecule has 1 aromatic rings. The zero-order chi connectivity index (χ0) is 15.5. The zero-order valence-electron chi connectivity index (χ0n) is 13.2. The number of rotatable bonds is 6. The first-order valence-corrected chi connectivity index (χ1v) is 7.16. The van der Waals surface area contributed by atoms with Crippen LogP contribution < -0.4 is 10.6 Å². The maximum absolute atomic E-state index is 13.1. The third-order valence-electron chi connectivity index (χ3n) is 3.75. The summed E-state index contributed by atoms with van der Waals surface area (Å²) in [4.78, 5) is 14.9. The van der Waals surface area contributed by atoms with Crippen molar-refractivity contribution < 1.29 is 14.3 Å². The Morgan fingerprint density at radius 2 is 2.17 bits per heavy atom. The monoisotopic (exact) mass is 367 g/mol. The molecule has 0 saturated carbocycles. The number of carbonyl (C=O) groups is 1. The number of hydrogen-bond donors (Lipinski definition) is 3. The lowest BCUT2D eigenvalue weighted by atomic mass is 9.89. The molecule has 5 nitrogen and oxygen atoms in total. The summed E-state index contributed by atoms with van der Waals surface area (Å²) in [5.41, 5.74) is 0.245. The number of amides is 1. The van der Waals surface area contributed by atoms with E-state index in [1.165, 1.54) is 12.3 Å². The Hall–Kier alpha value is -0.950. The van der Waals surface area contributed by atoms with Gasteiger partial charge in [0.25, 0.3) is 0 Å². The van der Waals surface area contributed by atoms with Crippen molar-refractivity contribution in [3.8, 4) is 0 Å². The van der Waals surface area contributed by atoms with Crippen LogP contribution in [-0.2, 0) is 4.79 Å². The second kappa shape index (κ2) is 9.37. The van der Waals surface area contributed by atoms with Gasteiger partial charge in [-0.05, 0) is 32.3 Å². The summed E-state index contributed by atoms with van der Waals surface area (Å²) in [6, 6.07) is 1.28. The largest absolute Gasteiger partial charge is 0.387 e. The van der Waals surface area contributed by atoms with Crippen molar-refractivity contribution in [3.05, 3.63) is 29.8 Å². The Morgan fingerprint density at radius 1 is 1.48 bits per heavy atom. The Labute approximate surface area is 148 Å². The molecule has 0 radical (unpaired) electrons. The number of nitrogens with one attached hydrogen (secondary N) is 2. The van der Waals surface area contributed by atoms with E-state index in [1.54, 1.807) is 0 Å². The summed E-state index contributed by atoms with van der Waals surface area (Å²) < 4.78 is 13.1. The number of pyridine rings is 1. The molecule has 1 aromatic heterocycles. The predicted octanol–water partition coefficient (Wildman–Crippen LogP) is 1.99. The van der Waals surface area contributed by atoms with E-state index in [2.05, 4.69) is 15.6 Å². The van der Waals surface area contributed by atoms with Crippen LogP contribution in [0.4, 0.5) is 4.39 Å². The number of aromatic nitrogens is 1. The number of aliphatic hydroxyl groups is 1. The van der Waals surface area contributed by atoms with Crippen molar-refractivity contribution in [1.82, 2.24) is 15.6 Å². The van der Waals surface area contributed by atoms with Crippen LogP contribution in [0.5, 0.6) is 0 Å². The molecular weight excluding hydrogens is 344 g/mol. The van der Waals surface area contributed by atoms with Gasteiger partial charge < -0.3 is 15.7 Å². The molecule has 132 valence electrons. The summed E-state index contributed by atoms with van der Waals surface area (Å²) in [7, 11) is 0. The summed E-state index contributed by atoms with van der Waals surface area (Å²) in [5.74, 6) is -0.0454. The number of hydrogen-bond acceptors (Lipinski definition) is 4. The van der Waals surface area contributed by atoms with E-state index in [-0.39, 0.29) is 36.3 Å². The molecule has 0 unspecified atom stereocenters. The van der Waals surface area contributed by atoms with Gasteiger partial charge in [0.15, 0.2) is 0 Å². The predicted molar refractivity (Wildman–Crippen MR) is 91.5 cm³/mol. The van der Waals surface area contributed by atoms with Gasteiger partial charge in [0.05, 0.1) is 12.3 Å². The van der Waals surface area contributed by atoms with Crippen LogP contribution in [0.3, 0.4) is 0 Å². The molecule has 3 N–H and O–H groups in total. The smallest absolute Gasteiger partial charge is 0.220 e. The molecule has 23 heavy (non-hydrogen) atoms. The number of aliphatic hydroxyl groups excluding tert-OH is 1. The summed E-state index contributed by atoms with van der Waals surface area (Å²) >= 11 is 0. The summed E-state index contributed by atoms with van der Waals surface area (Å²) in [5, 5.41) is 16.2. The van der Waals surface area contributed by atoms with Gasteiger partial charge in [-0.1, -0.05) is 0 Å². The number of nitrogens with zero attached hydrogens (tertiary/aromatic N) is 1. The zero-order valence-corrected chi connectivity index (χ0v) is 14.8. The lowest BCUT2D eigenvalue weighted by Crippen LogP contribution is -2.43. The van der Waals surface area contributed by atoms with Crippen molar-refractivity contribution in [2.45, 2.75) is 38.3 Å². The normalized spacial score (nSPS) is 18.6. The van der Waals surface area contributed by atoms with Gasteiger partial charge in [-0.2, -0.15) is 0 Å². The molecule has 1 amide bonds. The lowest BCUT2D eigenvalue weighted by molar-refractivity contribution is -0.119. The minimum absolute atomic E-state index is 0. The van der Waals surface area contributed by atoms with Crippen molar-refractivity contribution >= 4 is 30.7 Å². The third kappa shape index (κ3) is 6.99. The van der Waals surface area contributed by atoms with Gasteiger partial charge in [0.2, 0.25) is 5.91 Å². The molecule has 1 aliphatic heterocycles. The topological polar surface area (TPSA) is 74.2 Å². The molecule has 2 rings (SSSR count). The van der Waals surface area contributed by atoms with E-state index in [1.807, 2.05) is 13.8 Å². The molecule has 2 heterocycles. The molecule has 0 aliphatic carbocycles. The average Bonchev–Trinajstić information content (AvgIpc) is 2.80. The minimum atomic E-state index is -0.809. The molecule has 8 heteroatoms. The summed E-state index contributed by atoms with van der Waals surface area (Å²) in [6.07, 6.45) is 3.15. The van der Waals surface area contributed by atoms with Gasteiger partial charge >= 0.3 is 0 Å². The quantitative estimate of drug-likeness (QED) is 0.718. The van der Waals surface area contributed by atoms with Crippen LogP contribution >= 0.6 is 24.8 Å². The highest BCUT2D eigenvalue weighted by molar-refractivity contribution is 5.85. The van der Waals surface area contributed by atoms with Crippen molar-refractivity contribution in [2.24, 2.45) is 5.92 Å². The molecular formula is C15H24Cl2FN3O2. The standard InChI is InChI=1S/C15H22FN3O2.2ClH/c1-15(2,5-10-3-14(21)18-6-10)19-9-13(20)11-4-12(16)8-17-7-11;;/h4,7-8,10,13,19-20H,3,5-6,9H2,1-2H3,(H,18,21);2*1H/t10-,13-;;/m0../s1. The average molecular weight is 368 g/mol. The van der Waals surface area contributed by atoms with Gasteiger partial charge in [-0.3, -0.25) is 9.78 Å². The Kier molecular flexibility index (Phi) is 8.98. The minimum Gasteiger partial charge on any atom is -0.387 e. The Morgan fingerprint density at radius 3 is 2.74 bits per heavy atom. The van der Waals surface area contributed by atoms with E-state index < -0.39 is 11.9 Å². The highest BCUT2D eigenvalue weighted by Gasteiger charge is 2.29. The van der Waals surface area contributed by atoms with Crippen molar-refractivity contribution in [3.63, 3.8) is 0 Å². The second-order valence-corrected chi connectivity index (χ2v) is 6.30. The lowest BCUT2D eigenvalue weighted by Gasteiger charge is -2.30. The third-order valence-corrected chi connectivity index (χ3v) is 3.75. The van der Waals surface area contributed by atoms with Crippen molar-refractivity contribution in [1.29, 1.82) is 0 Å². The number of halogens is 3. The van der Waals surface area contributed by atoms with Crippen LogP contribution in [0.1, 0.15) is 38.4 Å². The molecule has 1 saturated heterocycles. The Bertz CT molecular complexity index is 517. The molecule has 1 fully saturated rings. The second-order valence-electron chi connectivity index (χ2n) is 6.30. The molecule has 0 spiro atoms. The Balaban J connectivity index is 0.00000242. The van der Waals surface area contributed by atoms with Crippen LogP contribution in [0.25, 0.3) is 0 Å². The molecule has 0 bridgehead atoms. The van der Waals surface area contributed by atoms with Gasteiger partial charge in [0.1, 0.15) is 5.82 Å². The van der Waals surface area contributed by atoms with E-state index in [9.17, 15) is 14.3 Å². The van der Waals surface area contributed by atoms with E-state index in [0.717, 1.165) is 12.6 Å². The van der Waals surface area contributed by atoms with Crippen LogP contribution in [0.2, 0.25) is 0 Å². The van der Waals surface area contributed by atoms with Crippen LogP contribution in [-0.4, -0.2) is 34.6 Å². The fourth-order valence-electron chi connectivity index (χ4n) is 2.70. The highest BCUT2D eigenvalue weighted by Crippen LogP contribution is 2.22. The fraction of sp³-hybridized carbons (Fsp3) is 0.600. The fourth-order valence-corrected chi connectivity index (χ4v) is 2.70. The first-order valence-electron chi connectivity index (χ1n) is 7.16. The van der Waals surface area contributed by atoms with Gasteiger partial charge in [-0.15, -0.1) is 24.8 Å². The van der Waals surface area contributed by atoms with Crippen molar-refractivity contribution in [2.75, 3.05) is 13.1 Å². The maximum atomic E-state index is 13.1. The van der Waals surface area contributed by atoms with Gasteiger partial charge in [0, 0.05) is 36.8 Å². The van der Waals surface area contributed by atoms with Crippen LogP contribution in [0, 0.1) is 11.7 Å². The SMILES string of the molecule is CC(C)(C[C@H]1CNC(=O)C1)NC[C@H](O)c1cncc(F)c1.Cl.Cl. The number of β-amino-alcohol motifs (C(OH)–C–C–N with tert-alkyl or cyclic N) is 1. The number of carbonyl (C=O) groups excluding carboxylic acids is 1. The highest BCUT2D eigenvalue weighted by atomic mass is 35.5. The molecule has 2 atom stereocenters. The maximum Gasteiger partial charge on any atom is 0.220 e. The summed E-state index contributed by atoms with van der Waals surface area (Å²) in [6.45, 7) is 5.09. The first kappa shape index (κ1) is 22.1. The first-order chi connectivity index (χ1) is 9.85. The van der Waals surface area contributed by atoms with E-state index >= 15 is 0 Å². The van der Waals surface area contributed by atoms with Crippen LogP contribution in [0.15, 0.2) is 18.5 Å². The van der Waals surface area contributed by atoms with E-state index in [4.69, 9.17) is 0 Å². The molecule has 1 aliphatic rings.